The molecule has 0 amide bonds. The molecule has 0 bridgehead atoms. The summed E-state index contributed by atoms with van der Waals surface area (Å²) in [4.78, 5) is 15.7. The first kappa shape index (κ1) is 15.0. The van der Waals surface area contributed by atoms with Crippen molar-refractivity contribution in [3.05, 3.63) is 64.9 Å². The van der Waals surface area contributed by atoms with Crippen LogP contribution in [0.2, 0.25) is 0 Å². The number of rotatable bonds is 3. The molecule has 0 unspecified atom stereocenters. The van der Waals surface area contributed by atoms with Crippen LogP contribution in [0.4, 0.5) is 10.1 Å². The maximum Gasteiger partial charge on any atom is 0.424 e. The first-order valence-electron chi connectivity index (χ1n) is 8.13. The summed E-state index contributed by atoms with van der Waals surface area (Å²) in [6, 6.07) is 14.1. The standard InChI is InChI=1S/C18H18FN3O2/c19-14-5-7-15(8-6-14)21-11-9-20(10-12-21)13-22-16-3-1-2-4-17(16)24-18(22)23/h1-8H,9-13H2/p+1. The quantitative estimate of drug-likeness (QED) is 0.783. The summed E-state index contributed by atoms with van der Waals surface area (Å²) < 4.78 is 20.0. The normalized spacial score (nSPS) is 16.0. The number of hydrogen-bond acceptors (Lipinski definition) is 3. The molecule has 5 nitrogen and oxygen atoms in total. The fraction of sp³-hybridized carbons (Fsp3) is 0.278. The van der Waals surface area contributed by atoms with Crippen LogP contribution in [0.5, 0.6) is 0 Å². The number of aromatic nitrogens is 1. The number of anilines is 1. The topological polar surface area (TPSA) is 42.8 Å². The van der Waals surface area contributed by atoms with Crippen LogP contribution >= 0.6 is 0 Å². The van der Waals surface area contributed by atoms with Gasteiger partial charge in [-0.25, -0.2) is 13.8 Å². The van der Waals surface area contributed by atoms with Crippen molar-refractivity contribution in [3.63, 3.8) is 0 Å². The van der Waals surface area contributed by atoms with E-state index in [1.807, 2.05) is 36.4 Å². The minimum Gasteiger partial charge on any atom is -0.408 e. The molecule has 1 fully saturated rings. The van der Waals surface area contributed by atoms with Crippen molar-refractivity contribution >= 4 is 16.8 Å². The number of benzene rings is 2. The second-order valence-corrected chi connectivity index (χ2v) is 6.14. The molecule has 1 aromatic heterocycles. The Hall–Kier alpha value is -2.60. The number of hydrogen-bond donors (Lipinski definition) is 1. The highest BCUT2D eigenvalue weighted by Crippen LogP contribution is 2.14. The number of nitrogens with one attached hydrogen (secondary N) is 1. The Bertz CT molecular complexity index is 893. The minimum absolute atomic E-state index is 0.214. The Labute approximate surface area is 138 Å². The summed E-state index contributed by atoms with van der Waals surface area (Å²) in [5.74, 6) is -0.515. The van der Waals surface area contributed by atoms with Gasteiger partial charge in [-0.05, 0) is 36.4 Å². The molecule has 24 heavy (non-hydrogen) atoms. The second-order valence-electron chi connectivity index (χ2n) is 6.14. The van der Waals surface area contributed by atoms with Crippen molar-refractivity contribution in [2.45, 2.75) is 6.67 Å². The summed E-state index contributed by atoms with van der Waals surface area (Å²) in [6.07, 6.45) is 0. The Morgan fingerprint density at radius 2 is 1.75 bits per heavy atom. The number of halogens is 1. The number of quaternary nitrogens is 1. The predicted octanol–water partition coefficient (Wildman–Crippen LogP) is 1.10. The average molecular weight is 328 g/mol. The van der Waals surface area contributed by atoms with Gasteiger partial charge in [0, 0.05) is 5.69 Å². The van der Waals surface area contributed by atoms with Gasteiger partial charge >= 0.3 is 5.76 Å². The van der Waals surface area contributed by atoms with Gasteiger partial charge in [0.15, 0.2) is 12.3 Å². The van der Waals surface area contributed by atoms with Crippen LogP contribution in [0.3, 0.4) is 0 Å². The van der Waals surface area contributed by atoms with Gasteiger partial charge in [0.05, 0.1) is 31.7 Å². The van der Waals surface area contributed by atoms with Crippen LogP contribution in [0, 0.1) is 5.82 Å². The molecule has 0 aliphatic carbocycles. The average Bonchev–Trinajstić information content (AvgIpc) is 2.92. The van der Waals surface area contributed by atoms with E-state index < -0.39 is 0 Å². The molecule has 6 heteroatoms. The predicted molar refractivity (Wildman–Crippen MR) is 89.8 cm³/mol. The Kier molecular flexibility index (Phi) is 3.82. The van der Waals surface area contributed by atoms with Gasteiger partial charge < -0.3 is 14.2 Å². The van der Waals surface area contributed by atoms with E-state index in [0.717, 1.165) is 37.4 Å². The molecule has 3 aromatic rings. The van der Waals surface area contributed by atoms with E-state index in [0.29, 0.717) is 12.3 Å². The molecule has 2 aromatic carbocycles. The third-order valence-corrected chi connectivity index (χ3v) is 4.62. The van der Waals surface area contributed by atoms with Crippen molar-refractivity contribution in [2.75, 3.05) is 31.1 Å². The van der Waals surface area contributed by atoms with Crippen LogP contribution in [-0.2, 0) is 6.67 Å². The maximum absolute atomic E-state index is 13.0. The van der Waals surface area contributed by atoms with Crippen LogP contribution in [-0.4, -0.2) is 30.7 Å². The number of fused-ring (bicyclic) bond motifs is 1. The lowest BCUT2D eigenvalue weighted by Gasteiger charge is -2.33. The molecule has 1 aliphatic rings. The van der Waals surface area contributed by atoms with E-state index in [1.165, 1.54) is 17.0 Å². The largest absolute Gasteiger partial charge is 0.424 e. The molecule has 0 radical (unpaired) electrons. The van der Waals surface area contributed by atoms with Gasteiger partial charge in [-0.2, -0.15) is 0 Å². The third kappa shape index (κ3) is 2.80. The second kappa shape index (κ2) is 6.13. The summed E-state index contributed by atoms with van der Waals surface area (Å²) in [7, 11) is 0. The number of piperazine rings is 1. The Balaban J connectivity index is 1.45. The fourth-order valence-electron chi connectivity index (χ4n) is 3.28. The maximum atomic E-state index is 13.0. The molecule has 0 atom stereocenters. The van der Waals surface area contributed by atoms with Crippen LogP contribution < -0.4 is 15.6 Å². The number of nitrogens with zero attached hydrogens (tertiary/aromatic N) is 2. The zero-order valence-electron chi connectivity index (χ0n) is 13.2. The molecular formula is C18H19FN3O2+. The van der Waals surface area contributed by atoms with Gasteiger partial charge in [-0.1, -0.05) is 12.1 Å². The van der Waals surface area contributed by atoms with Crippen molar-refractivity contribution in [2.24, 2.45) is 0 Å². The third-order valence-electron chi connectivity index (χ3n) is 4.62. The van der Waals surface area contributed by atoms with Gasteiger partial charge in [0.25, 0.3) is 0 Å². The van der Waals surface area contributed by atoms with Gasteiger partial charge in [0.1, 0.15) is 5.82 Å². The monoisotopic (exact) mass is 328 g/mol. The van der Waals surface area contributed by atoms with Crippen LogP contribution in [0.1, 0.15) is 0 Å². The molecule has 1 saturated heterocycles. The van der Waals surface area contributed by atoms with E-state index >= 15 is 0 Å². The van der Waals surface area contributed by atoms with Crippen LogP contribution in [0.15, 0.2) is 57.7 Å². The smallest absolute Gasteiger partial charge is 0.408 e. The fourth-order valence-corrected chi connectivity index (χ4v) is 3.28. The summed E-state index contributed by atoms with van der Waals surface area (Å²) in [6.45, 7) is 4.21. The van der Waals surface area contributed by atoms with Gasteiger partial charge in [-0.15, -0.1) is 0 Å². The summed E-state index contributed by atoms with van der Waals surface area (Å²) in [5, 5.41) is 0. The lowest BCUT2D eigenvalue weighted by molar-refractivity contribution is -0.923. The molecule has 2 heterocycles. The Morgan fingerprint density at radius 3 is 2.50 bits per heavy atom. The number of oxazole rings is 1. The molecule has 0 spiro atoms. The SMILES string of the molecule is O=c1oc2ccccc2n1C[NH+]1CCN(c2ccc(F)cc2)CC1. The van der Waals surface area contributed by atoms with E-state index in [4.69, 9.17) is 4.42 Å². The lowest BCUT2D eigenvalue weighted by Crippen LogP contribution is -3.14. The molecule has 1 aliphatic heterocycles. The highest BCUT2D eigenvalue weighted by molar-refractivity contribution is 5.72. The number of para-hydroxylation sites is 2. The van der Waals surface area contributed by atoms with Crippen LogP contribution in [0.25, 0.3) is 11.1 Å². The molecule has 4 rings (SSSR count). The first-order chi connectivity index (χ1) is 11.7. The van der Waals surface area contributed by atoms with E-state index in [2.05, 4.69) is 4.90 Å². The lowest BCUT2D eigenvalue weighted by atomic mass is 10.2. The molecule has 1 N–H and O–H groups in total. The van der Waals surface area contributed by atoms with Gasteiger partial charge in [0.2, 0.25) is 0 Å². The molecular weight excluding hydrogens is 309 g/mol. The van der Waals surface area contributed by atoms with Crippen molar-refractivity contribution in [1.82, 2.24) is 4.57 Å². The minimum atomic E-state index is -0.301. The first-order valence-corrected chi connectivity index (χ1v) is 8.13. The van der Waals surface area contributed by atoms with Gasteiger partial charge in [-0.3, -0.25) is 0 Å². The van der Waals surface area contributed by atoms with Crippen molar-refractivity contribution in [3.8, 4) is 0 Å². The van der Waals surface area contributed by atoms with Crippen molar-refractivity contribution in [1.29, 1.82) is 0 Å². The highest BCUT2D eigenvalue weighted by Gasteiger charge is 2.22. The van der Waals surface area contributed by atoms with Crippen molar-refractivity contribution < 1.29 is 13.7 Å². The molecule has 124 valence electrons. The van der Waals surface area contributed by atoms with E-state index in [1.54, 1.807) is 4.57 Å². The Morgan fingerprint density at radius 1 is 1.04 bits per heavy atom. The summed E-state index contributed by atoms with van der Waals surface area (Å²) >= 11 is 0. The zero-order valence-corrected chi connectivity index (χ0v) is 13.2. The van der Waals surface area contributed by atoms with E-state index in [-0.39, 0.29) is 11.6 Å². The van der Waals surface area contributed by atoms with E-state index in [9.17, 15) is 9.18 Å². The zero-order chi connectivity index (χ0) is 16.5. The summed E-state index contributed by atoms with van der Waals surface area (Å²) in [5.41, 5.74) is 2.52. The molecule has 0 saturated carbocycles. The highest BCUT2D eigenvalue weighted by atomic mass is 19.1.